The second-order valence-corrected chi connectivity index (χ2v) is 5.95. The summed E-state index contributed by atoms with van der Waals surface area (Å²) in [5.74, 6) is 1.60. The first-order valence-corrected chi connectivity index (χ1v) is 6.98. The third-order valence-electron chi connectivity index (χ3n) is 3.65. The lowest BCUT2D eigenvalue weighted by atomic mass is 9.93. The van der Waals surface area contributed by atoms with Crippen LogP contribution in [-0.2, 0) is 6.54 Å². The van der Waals surface area contributed by atoms with Crippen molar-refractivity contribution in [3.8, 4) is 5.88 Å². The summed E-state index contributed by atoms with van der Waals surface area (Å²) in [6.07, 6.45) is 3.03. The fourth-order valence-electron chi connectivity index (χ4n) is 2.44. The lowest BCUT2D eigenvalue weighted by Crippen LogP contribution is -2.40. The van der Waals surface area contributed by atoms with Gasteiger partial charge in [-0.15, -0.1) is 24.0 Å². The molecule has 118 valence electrons. The molecular weight excluding hydrogens is 379 g/mol. The highest BCUT2D eigenvalue weighted by Gasteiger charge is 2.30. The largest absolute Gasteiger partial charge is 0.481 e. The van der Waals surface area contributed by atoms with Crippen molar-refractivity contribution in [2.24, 2.45) is 10.4 Å². The van der Waals surface area contributed by atoms with Gasteiger partial charge < -0.3 is 15.0 Å². The summed E-state index contributed by atoms with van der Waals surface area (Å²) in [6.45, 7) is 7.43. The Kier molecular flexibility index (Phi) is 6.70. The predicted octanol–water partition coefficient (Wildman–Crippen LogP) is 2.52. The van der Waals surface area contributed by atoms with Crippen LogP contribution in [0.15, 0.2) is 23.3 Å². The molecule has 0 saturated carbocycles. The maximum Gasteiger partial charge on any atom is 0.212 e. The van der Waals surface area contributed by atoms with Gasteiger partial charge in [0.25, 0.3) is 0 Å². The van der Waals surface area contributed by atoms with E-state index in [2.05, 4.69) is 34.0 Å². The number of methoxy groups -OCH3 is 1. The third-order valence-corrected chi connectivity index (χ3v) is 3.65. The minimum atomic E-state index is 0. The number of hydrogen-bond acceptors (Lipinski definition) is 3. The molecule has 0 spiro atoms. The van der Waals surface area contributed by atoms with Gasteiger partial charge in [-0.3, -0.25) is 4.99 Å². The summed E-state index contributed by atoms with van der Waals surface area (Å²) >= 11 is 0. The van der Waals surface area contributed by atoms with Crippen LogP contribution in [0, 0.1) is 5.41 Å². The van der Waals surface area contributed by atoms with Gasteiger partial charge in [0.15, 0.2) is 5.96 Å². The molecule has 0 aliphatic carbocycles. The molecule has 1 N–H and O–H groups in total. The van der Waals surface area contributed by atoms with E-state index in [-0.39, 0.29) is 24.0 Å². The lowest BCUT2D eigenvalue weighted by molar-refractivity contribution is 0.370. The quantitative estimate of drug-likeness (QED) is 0.478. The van der Waals surface area contributed by atoms with Gasteiger partial charge in [0.1, 0.15) is 0 Å². The topological polar surface area (TPSA) is 49.8 Å². The van der Waals surface area contributed by atoms with Gasteiger partial charge in [-0.05, 0) is 17.4 Å². The molecule has 1 aromatic rings. The van der Waals surface area contributed by atoms with Crippen molar-refractivity contribution in [3.05, 3.63) is 23.9 Å². The number of nitrogens with zero attached hydrogens (tertiary/aromatic N) is 3. The summed E-state index contributed by atoms with van der Waals surface area (Å²) in [6, 6.07) is 3.89. The van der Waals surface area contributed by atoms with E-state index in [0.29, 0.717) is 11.3 Å². The Morgan fingerprint density at radius 2 is 2.24 bits per heavy atom. The third kappa shape index (κ3) is 5.01. The Bertz CT molecular complexity index is 473. The average Bonchev–Trinajstić information content (AvgIpc) is 2.80. The molecule has 0 amide bonds. The first-order valence-electron chi connectivity index (χ1n) is 6.98. The van der Waals surface area contributed by atoms with E-state index in [4.69, 9.17) is 4.74 Å². The molecule has 0 unspecified atom stereocenters. The van der Waals surface area contributed by atoms with Crippen LogP contribution in [0.5, 0.6) is 5.88 Å². The van der Waals surface area contributed by atoms with Gasteiger partial charge in [-0.2, -0.15) is 0 Å². The Morgan fingerprint density at radius 1 is 1.48 bits per heavy atom. The molecule has 6 heteroatoms. The smallest absolute Gasteiger partial charge is 0.212 e. The number of aliphatic imine (C=N–C) groups is 1. The molecule has 2 heterocycles. The fourth-order valence-corrected chi connectivity index (χ4v) is 2.44. The van der Waals surface area contributed by atoms with Crippen LogP contribution in [-0.4, -0.2) is 43.1 Å². The molecule has 1 aromatic heterocycles. The number of rotatable bonds is 3. The molecule has 0 radical (unpaired) electrons. The molecular formula is C15H25IN4O. The first kappa shape index (κ1) is 18.0. The van der Waals surface area contributed by atoms with Crippen LogP contribution >= 0.6 is 24.0 Å². The van der Waals surface area contributed by atoms with Crippen LogP contribution in [0.25, 0.3) is 0 Å². The van der Waals surface area contributed by atoms with Crippen LogP contribution in [0.1, 0.15) is 25.8 Å². The molecule has 1 aliphatic rings. The molecule has 21 heavy (non-hydrogen) atoms. The number of hydrogen-bond donors (Lipinski definition) is 1. The maximum absolute atomic E-state index is 5.06. The van der Waals surface area contributed by atoms with Crippen molar-refractivity contribution in [2.75, 3.05) is 27.2 Å². The van der Waals surface area contributed by atoms with Crippen molar-refractivity contribution >= 4 is 29.9 Å². The monoisotopic (exact) mass is 404 g/mol. The van der Waals surface area contributed by atoms with Crippen molar-refractivity contribution in [1.82, 2.24) is 15.2 Å². The maximum atomic E-state index is 5.06. The number of likely N-dealkylation sites (tertiary alicyclic amines) is 1. The Labute approximate surface area is 144 Å². The lowest BCUT2D eigenvalue weighted by Gasteiger charge is -2.23. The van der Waals surface area contributed by atoms with E-state index in [0.717, 1.165) is 31.2 Å². The molecule has 0 aromatic carbocycles. The van der Waals surface area contributed by atoms with E-state index in [1.807, 2.05) is 25.4 Å². The summed E-state index contributed by atoms with van der Waals surface area (Å²) in [5.41, 5.74) is 1.49. The normalized spacial score (nSPS) is 17.3. The van der Waals surface area contributed by atoms with Crippen molar-refractivity contribution in [3.63, 3.8) is 0 Å². The van der Waals surface area contributed by atoms with Crippen LogP contribution in [0.3, 0.4) is 0 Å². The summed E-state index contributed by atoms with van der Waals surface area (Å²) < 4.78 is 5.06. The van der Waals surface area contributed by atoms with Gasteiger partial charge in [-0.25, -0.2) is 4.98 Å². The number of ether oxygens (including phenoxy) is 1. The van der Waals surface area contributed by atoms with Crippen LogP contribution < -0.4 is 10.1 Å². The molecule has 1 fully saturated rings. The molecule has 1 saturated heterocycles. The number of guanidine groups is 1. The second kappa shape index (κ2) is 7.82. The molecule has 0 atom stereocenters. The number of pyridine rings is 1. The van der Waals surface area contributed by atoms with Crippen LogP contribution in [0.2, 0.25) is 0 Å². The number of aromatic nitrogens is 1. The number of halogens is 1. The predicted molar refractivity (Wildman–Crippen MR) is 96.4 cm³/mol. The molecule has 5 nitrogen and oxygen atoms in total. The van der Waals surface area contributed by atoms with Gasteiger partial charge >= 0.3 is 0 Å². The zero-order valence-corrected chi connectivity index (χ0v) is 15.5. The highest BCUT2D eigenvalue weighted by Crippen LogP contribution is 2.28. The van der Waals surface area contributed by atoms with E-state index in [9.17, 15) is 0 Å². The zero-order valence-electron chi connectivity index (χ0n) is 13.2. The highest BCUT2D eigenvalue weighted by atomic mass is 127. The van der Waals surface area contributed by atoms with Gasteiger partial charge in [0, 0.05) is 38.9 Å². The second-order valence-electron chi connectivity index (χ2n) is 5.95. The minimum Gasteiger partial charge on any atom is -0.481 e. The highest BCUT2D eigenvalue weighted by molar-refractivity contribution is 14.0. The van der Waals surface area contributed by atoms with Crippen molar-refractivity contribution in [1.29, 1.82) is 0 Å². The SMILES string of the molecule is CN=C(NCc1ccc(OC)nc1)N1CCC(C)(C)C1.I. The Hall–Kier alpha value is -1.05. The summed E-state index contributed by atoms with van der Waals surface area (Å²) in [7, 11) is 3.46. The standard InChI is InChI=1S/C15H24N4O.HI/c1-15(2)7-8-19(11-15)14(16-3)18-10-12-5-6-13(20-4)17-9-12;/h5-6,9H,7-8,10-11H2,1-4H3,(H,16,18);1H. The molecule has 2 rings (SSSR count). The van der Waals surface area contributed by atoms with Crippen LogP contribution in [0.4, 0.5) is 0 Å². The summed E-state index contributed by atoms with van der Waals surface area (Å²) in [5, 5.41) is 3.40. The van der Waals surface area contributed by atoms with Gasteiger partial charge in [0.2, 0.25) is 5.88 Å². The Morgan fingerprint density at radius 3 is 2.71 bits per heavy atom. The average molecular weight is 404 g/mol. The van der Waals surface area contributed by atoms with Crippen molar-refractivity contribution in [2.45, 2.75) is 26.8 Å². The first-order chi connectivity index (χ1) is 9.54. The summed E-state index contributed by atoms with van der Waals surface area (Å²) in [4.78, 5) is 10.9. The van der Waals surface area contributed by atoms with E-state index < -0.39 is 0 Å². The Balaban J connectivity index is 0.00000220. The van der Waals surface area contributed by atoms with E-state index >= 15 is 0 Å². The fraction of sp³-hybridized carbons (Fsp3) is 0.600. The zero-order chi connectivity index (χ0) is 14.6. The van der Waals surface area contributed by atoms with E-state index in [1.54, 1.807) is 7.11 Å². The molecule has 1 aliphatic heterocycles. The van der Waals surface area contributed by atoms with Gasteiger partial charge in [-0.1, -0.05) is 19.9 Å². The molecule has 0 bridgehead atoms. The van der Waals surface area contributed by atoms with Gasteiger partial charge in [0.05, 0.1) is 7.11 Å². The van der Waals surface area contributed by atoms with E-state index in [1.165, 1.54) is 6.42 Å². The van der Waals surface area contributed by atoms with Crippen molar-refractivity contribution < 1.29 is 4.74 Å². The number of nitrogens with one attached hydrogen (secondary N) is 1. The minimum absolute atomic E-state index is 0.